The predicted molar refractivity (Wildman–Crippen MR) is 138 cm³/mol. The molecular weight excluding hydrogens is 456 g/mol. The van der Waals surface area contributed by atoms with E-state index in [-0.39, 0.29) is 23.7 Å². The van der Waals surface area contributed by atoms with E-state index in [0.717, 1.165) is 23.0 Å². The van der Waals surface area contributed by atoms with Crippen LogP contribution >= 0.6 is 0 Å². The summed E-state index contributed by atoms with van der Waals surface area (Å²) in [5.74, 6) is -0.0765. The molecule has 0 saturated carbocycles. The van der Waals surface area contributed by atoms with E-state index in [2.05, 4.69) is 28.9 Å². The van der Waals surface area contributed by atoms with Crippen LogP contribution < -0.4 is 5.69 Å². The molecule has 5 rings (SSSR count). The lowest BCUT2D eigenvalue weighted by atomic mass is 9.83. The van der Waals surface area contributed by atoms with Gasteiger partial charge in [0.2, 0.25) is 0 Å². The fraction of sp³-hybridized carbons (Fsp3) is 0.357. The first-order valence-corrected chi connectivity index (χ1v) is 12.5. The van der Waals surface area contributed by atoms with Gasteiger partial charge in [0, 0.05) is 49.7 Å². The number of hydrogen-bond donors (Lipinski definition) is 2. The summed E-state index contributed by atoms with van der Waals surface area (Å²) in [5.41, 5.74) is 3.77. The lowest BCUT2D eigenvalue weighted by Gasteiger charge is -2.45. The second-order valence-corrected chi connectivity index (χ2v) is 9.56. The number of likely N-dealkylation sites (tertiary alicyclic amines) is 1. The van der Waals surface area contributed by atoms with Crippen molar-refractivity contribution in [2.24, 2.45) is 5.92 Å². The van der Waals surface area contributed by atoms with Crippen molar-refractivity contribution in [2.45, 2.75) is 44.9 Å². The van der Waals surface area contributed by atoms with Gasteiger partial charge in [-0.25, -0.2) is 9.59 Å². The number of furan rings is 1. The van der Waals surface area contributed by atoms with Gasteiger partial charge in [0.25, 0.3) is 0 Å². The number of benzene rings is 2. The molecule has 1 aliphatic heterocycles. The first-order valence-electron chi connectivity index (χ1n) is 12.5. The van der Waals surface area contributed by atoms with Crippen molar-refractivity contribution in [2.75, 3.05) is 13.1 Å². The van der Waals surface area contributed by atoms with Crippen LogP contribution in [0.5, 0.6) is 0 Å². The number of imidazole rings is 1. The van der Waals surface area contributed by atoms with Crippen molar-refractivity contribution in [1.29, 1.82) is 0 Å². The molecule has 188 valence electrons. The van der Waals surface area contributed by atoms with Crippen LogP contribution in [0.4, 0.5) is 4.79 Å². The largest absolute Gasteiger partial charge is 0.472 e. The van der Waals surface area contributed by atoms with E-state index in [1.54, 1.807) is 12.5 Å². The molecule has 3 atom stereocenters. The second-order valence-electron chi connectivity index (χ2n) is 9.56. The number of nitrogens with zero attached hydrogens (tertiary/aromatic N) is 3. The van der Waals surface area contributed by atoms with E-state index in [1.807, 2.05) is 53.1 Å². The molecule has 0 aliphatic carbocycles. The quantitative estimate of drug-likeness (QED) is 0.366. The zero-order valence-corrected chi connectivity index (χ0v) is 20.4. The normalized spacial score (nSPS) is 19.1. The number of rotatable bonds is 8. The van der Waals surface area contributed by atoms with E-state index in [4.69, 9.17) is 4.42 Å². The number of hydrogen-bond acceptors (Lipinski definition) is 4. The molecule has 8 nitrogen and oxygen atoms in total. The number of H-pyrrole nitrogens is 1. The molecule has 3 unspecified atom stereocenters. The molecule has 36 heavy (non-hydrogen) atoms. The maximum absolute atomic E-state index is 13.2. The molecule has 8 heteroatoms. The summed E-state index contributed by atoms with van der Waals surface area (Å²) < 4.78 is 7.22. The summed E-state index contributed by atoms with van der Waals surface area (Å²) in [6, 6.07) is 19.9. The topological polar surface area (TPSA) is 94.7 Å². The number of nitrogens with one attached hydrogen (secondary N) is 1. The molecule has 2 aromatic heterocycles. The molecule has 4 aromatic rings. The van der Waals surface area contributed by atoms with Crippen LogP contribution in [0, 0.1) is 5.92 Å². The second kappa shape index (κ2) is 10.5. The lowest BCUT2D eigenvalue weighted by Crippen LogP contribution is -2.53. The summed E-state index contributed by atoms with van der Waals surface area (Å²) in [6.07, 6.45) is 3.93. The molecule has 3 heterocycles. The summed E-state index contributed by atoms with van der Waals surface area (Å²) >= 11 is 0. The third kappa shape index (κ3) is 4.81. The van der Waals surface area contributed by atoms with Crippen LogP contribution in [-0.2, 0) is 13.1 Å². The highest BCUT2D eigenvalue weighted by Gasteiger charge is 2.40. The van der Waals surface area contributed by atoms with Crippen molar-refractivity contribution in [3.63, 3.8) is 0 Å². The van der Waals surface area contributed by atoms with Gasteiger partial charge in [-0.2, -0.15) is 0 Å². The minimum absolute atomic E-state index is 0.0350. The molecule has 1 fully saturated rings. The van der Waals surface area contributed by atoms with Crippen LogP contribution in [-0.4, -0.2) is 49.7 Å². The first kappa shape index (κ1) is 23.9. The van der Waals surface area contributed by atoms with E-state index < -0.39 is 6.09 Å². The Balaban J connectivity index is 1.56. The average molecular weight is 489 g/mol. The molecule has 0 radical (unpaired) electrons. The van der Waals surface area contributed by atoms with E-state index in [0.29, 0.717) is 32.6 Å². The van der Waals surface area contributed by atoms with Crippen molar-refractivity contribution >= 4 is 17.1 Å². The smallest absolute Gasteiger partial charge is 0.407 e. The van der Waals surface area contributed by atoms with Gasteiger partial charge in [-0.05, 0) is 36.6 Å². The Kier molecular flexibility index (Phi) is 6.95. The third-order valence-electron chi connectivity index (χ3n) is 7.42. The van der Waals surface area contributed by atoms with Gasteiger partial charge >= 0.3 is 11.8 Å². The SMILES string of the molecule is CCC(C1CN(C(=O)O)CCC1n1c(=O)[nH]c2ccccc21)N(Cc1ccccc1)Cc1ccoc1. The number of aromatic nitrogens is 2. The third-order valence-corrected chi connectivity index (χ3v) is 7.42. The molecule has 0 spiro atoms. The van der Waals surface area contributed by atoms with Gasteiger partial charge in [0.1, 0.15) is 0 Å². The summed E-state index contributed by atoms with van der Waals surface area (Å²) in [4.78, 5) is 32.1. The van der Waals surface area contributed by atoms with Crippen LogP contribution in [0.15, 0.2) is 82.4 Å². The number of fused-ring (bicyclic) bond motifs is 1. The maximum atomic E-state index is 13.2. The highest BCUT2D eigenvalue weighted by atomic mass is 16.4. The Morgan fingerprint density at radius 2 is 1.86 bits per heavy atom. The van der Waals surface area contributed by atoms with Crippen molar-refractivity contribution < 1.29 is 14.3 Å². The summed E-state index contributed by atoms with van der Waals surface area (Å²) in [5, 5.41) is 9.86. The van der Waals surface area contributed by atoms with E-state index >= 15 is 0 Å². The fourth-order valence-electron chi connectivity index (χ4n) is 5.80. The maximum Gasteiger partial charge on any atom is 0.407 e. The van der Waals surface area contributed by atoms with Crippen LogP contribution in [0.1, 0.15) is 36.9 Å². The van der Waals surface area contributed by atoms with Gasteiger partial charge in [-0.3, -0.25) is 9.47 Å². The Bertz CT molecular complexity index is 1340. The zero-order valence-electron chi connectivity index (χ0n) is 20.4. The molecule has 1 saturated heterocycles. The molecule has 0 bridgehead atoms. The zero-order chi connectivity index (χ0) is 25.1. The highest BCUT2D eigenvalue weighted by Crippen LogP contribution is 2.36. The number of aromatic amines is 1. The number of carboxylic acid groups (broad SMARTS) is 1. The summed E-state index contributed by atoms with van der Waals surface area (Å²) in [7, 11) is 0. The van der Waals surface area contributed by atoms with Crippen LogP contribution in [0.2, 0.25) is 0 Å². The predicted octanol–water partition coefficient (Wildman–Crippen LogP) is 4.94. The summed E-state index contributed by atoms with van der Waals surface area (Å²) in [6.45, 7) is 4.31. The standard InChI is InChI=1S/C28H32N4O4/c1-2-24(31(17-21-13-15-36-19-21)16-20-8-4-3-5-9-20)22-18-30(28(34)35)14-12-25(22)32-26-11-7-6-10-23(26)29-27(32)33/h3-11,13,15,19,22,24-25H,2,12,14,16-18H2,1H3,(H,29,33)(H,34,35). The number of piperidine rings is 1. The fourth-order valence-corrected chi connectivity index (χ4v) is 5.80. The lowest BCUT2D eigenvalue weighted by molar-refractivity contribution is 0.0340. The van der Waals surface area contributed by atoms with Gasteiger partial charge in [0.15, 0.2) is 0 Å². The minimum atomic E-state index is -0.913. The van der Waals surface area contributed by atoms with E-state index in [1.165, 1.54) is 10.5 Å². The van der Waals surface area contributed by atoms with Crippen molar-refractivity contribution in [3.8, 4) is 0 Å². The van der Waals surface area contributed by atoms with Gasteiger partial charge in [0.05, 0.1) is 23.6 Å². The Labute approximate surface area is 209 Å². The van der Waals surface area contributed by atoms with Crippen LogP contribution in [0.25, 0.3) is 11.0 Å². The molecular formula is C28H32N4O4. The molecule has 1 amide bonds. The number of carbonyl (C=O) groups is 1. The van der Waals surface area contributed by atoms with Gasteiger partial charge < -0.3 is 19.4 Å². The minimum Gasteiger partial charge on any atom is -0.472 e. The molecule has 2 aromatic carbocycles. The van der Waals surface area contributed by atoms with Gasteiger partial charge in [-0.1, -0.05) is 49.4 Å². The molecule has 2 N–H and O–H groups in total. The van der Waals surface area contributed by atoms with Crippen molar-refractivity contribution in [3.05, 3.63) is 94.8 Å². The van der Waals surface area contributed by atoms with Gasteiger partial charge in [-0.15, -0.1) is 0 Å². The Hall–Kier alpha value is -3.78. The van der Waals surface area contributed by atoms with Crippen molar-refractivity contribution in [1.82, 2.24) is 19.4 Å². The number of amides is 1. The Morgan fingerprint density at radius 1 is 1.11 bits per heavy atom. The first-order chi connectivity index (χ1) is 17.5. The monoisotopic (exact) mass is 488 g/mol. The van der Waals surface area contributed by atoms with Crippen LogP contribution in [0.3, 0.4) is 0 Å². The molecule has 1 aliphatic rings. The highest BCUT2D eigenvalue weighted by molar-refractivity contribution is 5.75. The number of para-hydroxylation sites is 2. The van der Waals surface area contributed by atoms with E-state index in [9.17, 15) is 14.7 Å². The Morgan fingerprint density at radius 3 is 2.58 bits per heavy atom. The average Bonchev–Trinajstić information content (AvgIpc) is 3.52.